The van der Waals surface area contributed by atoms with Gasteiger partial charge in [0.2, 0.25) is 5.91 Å². The fourth-order valence-electron chi connectivity index (χ4n) is 1.14. The molecule has 0 heterocycles. The molecule has 6 heteroatoms. The number of nitrogens with one attached hydrogen (secondary N) is 2. The molecule has 0 spiro atoms. The molecule has 5 nitrogen and oxygen atoms in total. The van der Waals surface area contributed by atoms with Gasteiger partial charge in [0.25, 0.3) is 0 Å². The zero-order valence-corrected chi connectivity index (χ0v) is 11.1. The predicted octanol–water partition coefficient (Wildman–Crippen LogP) is 2.05. The molecule has 0 atom stereocenters. The Morgan fingerprint density at radius 3 is 2.71 bits per heavy atom. The Morgan fingerprint density at radius 2 is 2.12 bits per heavy atom. The van der Waals surface area contributed by atoms with Gasteiger partial charge in [0.05, 0.1) is 12.8 Å². The molecule has 0 unspecified atom stereocenters. The maximum atomic E-state index is 11.5. The molecular weight excluding hydrogens is 288 g/mol. The van der Waals surface area contributed by atoms with E-state index in [-0.39, 0.29) is 12.5 Å². The molecule has 1 aromatic carbocycles. The summed E-state index contributed by atoms with van der Waals surface area (Å²) in [6, 6.07) is 5.56. The van der Waals surface area contributed by atoms with Gasteiger partial charge >= 0.3 is 6.09 Å². The number of methoxy groups -OCH3 is 1. The molecule has 0 aliphatic rings. The number of hydrogen-bond donors (Lipinski definition) is 2. The molecule has 1 aromatic rings. The summed E-state index contributed by atoms with van der Waals surface area (Å²) in [5.41, 5.74) is 1.75. The van der Waals surface area contributed by atoms with Gasteiger partial charge in [-0.25, -0.2) is 4.79 Å². The van der Waals surface area contributed by atoms with Crippen LogP contribution in [0.2, 0.25) is 0 Å². The van der Waals surface area contributed by atoms with Crippen molar-refractivity contribution in [1.82, 2.24) is 5.32 Å². The molecular formula is C11H13BrN2O3. The summed E-state index contributed by atoms with van der Waals surface area (Å²) in [5, 5.41) is 4.96. The Balaban J connectivity index is 2.53. The van der Waals surface area contributed by atoms with Crippen molar-refractivity contribution in [1.29, 1.82) is 0 Å². The Labute approximate surface area is 108 Å². The van der Waals surface area contributed by atoms with Gasteiger partial charge in [-0.15, -0.1) is 0 Å². The van der Waals surface area contributed by atoms with Gasteiger partial charge in [-0.05, 0) is 40.5 Å². The Morgan fingerprint density at radius 1 is 1.41 bits per heavy atom. The quantitative estimate of drug-likeness (QED) is 0.898. The fraction of sp³-hybridized carbons (Fsp3) is 0.273. The van der Waals surface area contributed by atoms with Crippen molar-refractivity contribution in [3.63, 3.8) is 0 Å². The minimum atomic E-state index is -0.636. The Bertz CT molecular complexity index is 435. The number of anilines is 1. The van der Waals surface area contributed by atoms with Crippen LogP contribution in [-0.4, -0.2) is 25.7 Å². The molecule has 92 valence electrons. The van der Waals surface area contributed by atoms with Crippen LogP contribution in [0.4, 0.5) is 10.5 Å². The highest BCUT2D eigenvalue weighted by atomic mass is 79.9. The minimum absolute atomic E-state index is 0.132. The van der Waals surface area contributed by atoms with Gasteiger partial charge in [-0.3, -0.25) is 4.79 Å². The van der Waals surface area contributed by atoms with Crippen LogP contribution in [0.3, 0.4) is 0 Å². The molecule has 0 saturated heterocycles. The molecule has 0 aliphatic carbocycles. The highest BCUT2D eigenvalue weighted by Crippen LogP contribution is 2.22. The van der Waals surface area contributed by atoms with Crippen molar-refractivity contribution in [2.75, 3.05) is 19.0 Å². The summed E-state index contributed by atoms with van der Waals surface area (Å²) >= 11 is 3.34. The van der Waals surface area contributed by atoms with Crippen LogP contribution < -0.4 is 10.6 Å². The van der Waals surface area contributed by atoms with E-state index in [1.807, 2.05) is 19.1 Å². The standard InChI is InChI=1S/C11H13BrN2O3/c1-7-3-4-9(8(12)5-7)14-10(15)6-13-11(16)17-2/h3-5H,6H2,1-2H3,(H,13,16)(H,14,15). The van der Waals surface area contributed by atoms with Crippen molar-refractivity contribution in [2.24, 2.45) is 0 Å². The van der Waals surface area contributed by atoms with E-state index in [1.54, 1.807) is 6.07 Å². The molecule has 0 aromatic heterocycles. The lowest BCUT2D eigenvalue weighted by Gasteiger charge is -2.08. The second-order valence-corrected chi connectivity index (χ2v) is 4.23. The number of halogens is 1. The molecule has 0 bridgehead atoms. The van der Waals surface area contributed by atoms with Crippen LogP contribution in [0.1, 0.15) is 5.56 Å². The molecule has 0 saturated carbocycles. The number of ether oxygens (including phenoxy) is 1. The number of rotatable bonds is 3. The summed E-state index contributed by atoms with van der Waals surface area (Å²) < 4.78 is 5.15. The number of benzene rings is 1. The number of alkyl carbamates (subject to hydrolysis) is 1. The second kappa shape index (κ2) is 6.24. The number of hydrogen-bond acceptors (Lipinski definition) is 3. The Kier molecular flexibility index (Phi) is 4.96. The second-order valence-electron chi connectivity index (χ2n) is 3.38. The van der Waals surface area contributed by atoms with Crippen molar-refractivity contribution < 1.29 is 14.3 Å². The van der Waals surface area contributed by atoms with Crippen molar-refractivity contribution >= 4 is 33.6 Å². The summed E-state index contributed by atoms with van der Waals surface area (Å²) in [6.45, 7) is 1.82. The largest absolute Gasteiger partial charge is 0.453 e. The van der Waals surface area contributed by atoms with Gasteiger partial charge in [0.1, 0.15) is 6.54 Å². The molecule has 2 N–H and O–H groups in total. The minimum Gasteiger partial charge on any atom is -0.453 e. The van der Waals surface area contributed by atoms with Gasteiger partial charge in [0.15, 0.2) is 0 Å². The van der Waals surface area contributed by atoms with Crippen LogP contribution in [0.15, 0.2) is 22.7 Å². The Hall–Kier alpha value is -1.56. The van der Waals surface area contributed by atoms with E-state index in [0.717, 1.165) is 10.0 Å². The van der Waals surface area contributed by atoms with Crippen molar-refractivity contribution in [3.05, 3.63) is 28.2 Å². The lowest BCUT2D eigenvalue weighted by atomic mass is 10.2. The molecule has 17 heavy (non-hydrogen) atoms. The SMILES string of the molecule is COC(=O)NCC(=O)Nc1ccc(C)cc1Br. The average Bonchev–Trinajstić information content (AvgIpc) is 2.29. The number of carbonyl (C=O) groups is 2. The van der Waals surface area contributed by atoms with Crippen LogP contribution in [0.5, 0.6) is 0 Å². The van der Waals surface area contributed by atoms with Gasteiger partial charge in [0, 0.05) is 4.47 Å². The maximum Gasteiger partial charge on any atom is 0.407 e. The van der Waals surface area contributed by atoms with E-state index < -0.39 is 6.09 Å². The first kappa shape index (κ1) is 13.5. The highest BCUT2D eigenvalue weighted by Gasteiger charge is 2.07. The number of amides is 2. The third kappa shape index (κ3) is 4.44. The highest BCUT2D eigenvalue weighted by molar-refractivity contribution is 9.10. The monoisotopic (exact) mass is 300 g/mol. The first-order valence-electron chi connectivity index (χ1n) is 4.90. The summed E-state index contributed by atoms with van der Waals surface area (Å²) in [5.74, 6) is -0.319. The van der Waals surface area contributed by atoms with Gasteiger partial charge in [-0.1, -0.05) is 6.07 Å². The van der Waals surface area contributed by atoms with Crippen molar-refractivity contribution in [3.8, 4) is 0 Å². The molecule has 0 fully saturated rings. The molecule has 0 radical (unpaired) electrons. The van der Waals surface area contributed by atoms with E-state index in [1.165, 1.54) is 7.11 Å². The van der Waals surface area contributed by atoms with E-state index >= 15 is 0 Å². The van der Waals surface area contributed by atoms with Crippen LogP contribution in [0.25, 0.3) is 0 Å². The number of carbonyl (C=O) groups excluding carboxylic acids is 2. The van der Waals surface area contributed by atoms with E-state index in [0.29, 0.717) is 5.69 Å². The normalized spacial score (nSPS) is 9.59. The maximum absolute atomic E-state index is 11.5. The zero-order valence-electron chi connectivity index (χ0n) is 9.54. The smallest absolute Gasteiger partial charge is 0.407 e. The van der Waals surface area contributed by atoms with Gasteiger partial charge < -0.3 is 15.4 Å². The van der Waals surface area contributed by atoms with Crippen LogP contribution in [-0.2, 0) is 9.53 Å². The first-order valence-corrected chi connectivity index (χ1v) is 5.70. The van der Waals surface area contributed by atoms with E-state index in [9.17, 15) is 9.59 Å². The summed E-state index contributed by atoms with van der Waals surface area (Å²) in [4.78, 5) is 22.2. The third-order valence-electron chi connectivity index (χ3n) is 1.98. The van der Waals surface area contributed by atoms with Crippen LogP contribution >= 0.6 is 15.9 Å². The third-order valence-corrected chi connectivity index (χ3v) is 2.63. The summed E-state index contributed by atoms with van der Waals surface area (Å²) in [7, 11) is 1.24. The zero-order chi connectivity index (χ0) is 12.8. The number of aryl methyl sites for hydroxylation is 1. The lowest BCUT2D eigenvalue weighted by molar-refractivity contribution is -0.115. The molecule has 2 amide bonds. The van der Waals surface area contributed by atoms with Crippen molar-refractivity contribution in [2.45, 2.75) is 6.92 Å². The topological polar surface area (TPSA) is 67.4 Å². The van der Waals surface area contributed by atoms with E-state index in [2.05, 4.69) is 31.3 Å². The lowest BCUT2D eigenvalue weighted by Crippen LogP contribution is -2.32. The van der Waals surface area contributed by atoms with Gasteiger partial charge in [-0.2, -0.15) is 0 Å². The summed E-state index contributed by atoms with van der Waals surface area (Å²) in [6.07, 6.45) is -0.636. The molecule has 1 rings (SSSR count). The predicted molar refractivity (Wildman–Crippen MR) is 67.9 cm³/mol. The average molecular weight is 301 g/mol. The van der Waals surface area contributed by atoms with E-state index in [4.69, 9.17) is 0 Å². The fourth-order valence-corrected chi connectivity index (χ4v) is 1.73. The molecule has 0 aliphatic heterocycles. The first-order chi connectivity index (χ1) is 8.02. The van der Waals surface area contributed by atoms with Crippen LogP contribution in [0, 0.1) is 6.92 Å².